The number of hydrogen-bond donors (Lipinski definition) is 2. The van der Waals surface area contributed by atoms with Crippen molar-refractivity contribution in [3.63, 3.8) is 0 Å². The number of hydrogen-bond acceptors (Lipinski definition) is 4. The number of nitrogens with zero attached hydrogens (tertiary/aromatic N) is 2. The van der Waals surface area contributed by atoms with E-state index in [9.17, 15) is 13.2 Å². The molecule has 0 aromatic carbocycles. The van der Waals surface area contributed by atoms with Gasteiger partial charge >= 0.3 is 6.18 Å². The summed E-state index contributed by atoms with van der Waals surface area (Å²) in [6.45, 7) is 4.83. The van der Waals surface area contributed by atoms with Crippen LogP contribution in [-0.2, 0) is 6.18 Å². The van der Waals surface area contributed by atoms with Crippen molar-refractivity contribution < 1.29 is 13.2 Å². The summed E-state index contributed by atoms with van der Waals surface area (Å²) < 4.78 is 38.3. The molecular weight excluding hydrogens is 281 g/mol. The van der Waals surface area contributed by atoms with Crippen molar-refractivity contribution in [3.8, 4) is 0 Å². The van der Waals surface area contributed by atoms with Crippen LogP contribution in [0.2, 0.25) is 0 Å². The van der Waals surface area contributed by atoms with Gasteiger partial charge < -0.3 is 10.6 Å². The summed E-state index contributed by atoms with van der Waals surface area (Å²) in [7, 11) is 1.50. The van der Waals surface area contributed by atoms with Crippen LogP contribution in [0, 0.1) is 5.92 Å². The first-order valence-corrected chi connectivity index (χ1v) is 7.28. The summed E-state index contributed by atoms with van der Waals surface area (Å²) in [6, 6.07) is 0.952. The van der Waals surface area contributed by atoms with Gasteiger partial charge in [0.1, 0.15) is 5.82 Å². The minimum atomic E-state index is -4.47. The fraction of sp³-hybridized carbons (Fsp3) is 0.714. The van der Waals surface area contributed by atoms with Crippen LogP contribution in [0.5, 0.6) is 0 Å². The summed E-state index contributed by atoms with van der Waals surface area (Å²) in [6.07, 6.45) is -0.178. The number of rotatable bonds is 8. The van der Waals surface area contributed by atoms with Crippen molar-refractivity contribution in [2.24, 2.45) is 5.92 Å². The standard InChI is InChI=1S/C14H23F3N4/c1-4-6-7-10(5-2)9-19-12-8-11(14(15,16)17)20-13(18-3)21-12/h8,10H,4-7,9H2,1-3H3,(H2,18,19,20,21). The van der Waals surface area contributed by atoms with Crippen LogP contribution in [0.3, 0.4) is 0 Å². The second-order valence-corrected chi connectivity index (χ2v) is 5.01. The van der Waals surface area contributed by atoms with Crippen molar-refractivity contribution in [2.75, 3.05) is 24.2 Å². The van der Waals surface area contributed by atoms with Crippen LogP contribution in [0.15, 0.2) is 6.07 Å². The highest BCUT2D eigenvalue weighted by Gasteiger charge is 2.33. The Balaban J connectivity index is 2.78. The minimum Gasteiger partial charge on any atom is -0.370 e. The number of unbranched alkanes of at least 4 members (excludes halogenated alkanes) is 1. The van der Waals surface area contributed by atoms with Gasteiger partial charge in [-0.2, -0.15) is 18.2 Å². The molecule has 1 heterocycles. The number of halogens is 3. The molecule has 1 aromatic heterocycles. The number of nitrogens with one attached hydrogen (secondary N) is 2. The zero-order chi connectivity index (χ0) is 15.9. The highest BCUT2D eigenvalue weighted by Crippen LogP contribution is 2.29. The smallest absolute Gasteiger partial charge is 0.370 e. The molecule has 1 atom stereocenters. The van der Waals surface area contributed by atoms with Gasteiger partial charge in [0.25, 0.3) is 0 Å². The van der Waals surface area contributed by atoms with E-state index < -0.39 is 11.9 Å². The molecule has 0 spiro atoms. The van der Waals surface area contributed by atoms with Crippen LogP contribution in [0.25, 0.3) is 0 Å². The van der Waals surface area contributed by atoms with E-state index in [1.54, 1.807) is 0 Å². The maximum absolute atomic E-state index is 12.8. The molecule has 0 bridgehead atoms. The SMILES string of the molecule is CCCCC(CC)CNc1cc(C(F)(F)F)nc(NC)n1. The Hall–Kier alpha value is -1.53. The van der Waals surface area contributed by atoms with Gasteiger partial charge in [-0.1, -0.05) is 33.1 Å². The lowest BCUT2D eigenvalue weighted by Crippen LogP contribution is -2.17. The van der Waals surface area contributed by atoms with Gasteiger partial charge in [0, 0.05) is 19.7 Å². The van der Waals surface area contributed by atoms with Gasteiger partial charge in [-0.15, -0.1) is 0 Å². The maximum atomic E-state index is 12.8. The molecule has 1 rings (SSSR count). The number of anilines is 2. The van der Waals surface area contributed by atoms with Crippen LogP contribution < -0.4 is 10.6 Å². The first-order valence-electron chi connectivity index (χ1n) is 7.28. The van der Waals surface area contributed by atoms with Gasteiger partial charge in [-0.05, 0) is 12.3 Å². The predicted octanol–water partition coefficient (Wildman–Crippen LogP) is 4.17. The van der Waals surface area contributed by atoms with Gasteiger partial charge in [0.05, 0.1) is 0 Å². The molecule has 0 aliphatic rings. The zero-order valence-electron chi connectivity index (χ0n) is 12.7. The third kappa shape index (κ3) is 5.77. The van der Waals surface area contributed by atoms with Crippen LogP contribution in [0.4, 0.5) is 24.9 Å². The monoisotopic (exact) mass is 304 g/mol. The van der Waals surface area contributed by atoms with Crippen LogP contribution in [0.1, 0.15) is 45.2 Å². The lowest BCUT2D eigenvalue weighted by atomic mass is 9.99. The van der Waals surface area contributed by atoms with Crippen molar-refractivity contribution >= 4 is 11.8 Å². The number of alkyl halides is 3. The molecule has 0 radical (unpaired) electrons. The number of aromatic nitrogens is 2. The highest BCUT2D eigenvalue weighted by molar-refractivity contribution is 5.42. The average Bonchev–Trinajstić information content (AvgIpc) is 2.46. The fourth-order valence-corrected chi connectivity index (χ4v) is 1.99. The summed E-state index contributed by atoms with van der Waals surface area (Å²) in [5.74, 6) is 0.609. The van der Waals surface area contributed by atoms with E-state index >= 15 is 0 Å². The Labute approximate surface area is 123 Å². The average molecular weight is 304 g/mol. The lowest BCUT2D eigenvalue weighted by Gasteiger charge is -2.17. The Morgan fingerprint density at radius 1 is 1.24 bits per heavy atom. The van der Waals surface area contributed by atoms with E-state index in [-0.39, 0.29) is 11.8 Å². The molecule has 7 heteroatoms. The third-order valence-electron chi connectivity index (χ3n) is 3.36. The molecular formula is C14H23F3N4. The Bertz CT molecular complexity index is 435. The summed E-state index contributed by atoms with van der Waals surface area (Å²) in [4.78, 5) is 7.45. The van der Waals surface area contributed by atoms with E-state index in [0.29, 0.717) is 12.5 Å². The molecule has 120 valence electrons. The minimum absolute atomic E-state index is 0.0334. The van der Waals surface area contributed by atoms with Gasteiger partial charge in [-0.3, -0.25) is 0 Å². The molecule has 4 nitrogen and oxygen atoms in total. The Morgan fingerprint density at radius 2 is 1.95 bits per heavy atom. The summed E-state index contributed by atoms with van der Waals surface area (Å²) in [5, 5.41) is 5.55. The van der Waals surface area contributed by atoms with Gasteiger partial charge in [0.2, 0.25) is 5.95 Å². The van der Waals surface area contributed by atoms with Crippen molar-refractivity contribution in [2.45, 2.75) is 45.7 Å². The van der Waals surface area contributed by atoms with Gasteiger partial charge in [0.15, 0.2) is 5.69 Å². The molecule has 0 aliphatic carbocycles. The first-order chi connectivity index (χ1) is 9.90. The van der Waals surface area contributed by atoms with Gasteiger partial charge in [-0.25, -0.2) is 4.98 Å². The van der Waals surface area contributed by atoms with Crippen LogP contribution in [-0.4, -0.2) is 23.6 Å². The predicted molar refractivity (Wildman–Crippen MR) is 78.4 cm³/mol. The summed E-state index contributed by atoms with van der Waals surface area (Å²) in [5.41, 5.74) is -0.939. The fourth-order valence-electron chi connectivity index (χ4n) is 1.99. The topological polar surface area (TPSA) is 49.8 Å². The molecule has 0 saturated heterocycles. The lowest BCUT2D eigenvalue weighted by molar-refractivity contribution is -0.141. The molecule has 0 saturated carbocycles. The molecule has 1 unspecified atom stereocenters. The van der Waals surface area contributed by atoms with E-state index in [1.165, 1.54) is 7.05 Å². The zero-order valence-corrected chi connectivity index (χ0v) is 12.7. The van der Waals surface area contributed by atoms with Crippen molar-refractivity contribution in [1.82, 2.24) is 9.97 Å². The normalized spacial score (nSPS) is 13.0. The summed E-state index contributed by atoms with van der Waals surface area (Å²) >= 11 is 0. The Kier molecular flexibility index (Phi) is 6.71. The molecule has 1 aromatic rings. The molecule has 0 aliphatic heterocycles. The van der Waals surface area contributed by atoms with E-state index in [1.807, 2.05) is 0 Å². The Morgan fingerprint density at radius 3 is 2.48 bits per heavy atom. The van der Waals surface area contributed by atoms with Crippen molar-refractivity contribution in [3.05, 3.63) is 11.8 Å². The highest BCUT2D eigenvalue weighted by atomic mass is 19.4. The van der Waals surface area contributed by atoms with Crippen LogP contribution >= 0.6 is 0 Å². The van der Waals surface area contributed by atoms with E-state index in [4.69, 9.17) is 0 Å². The molecule has 0 fully saturated rings. The second-order valence-electron chi connectivity index (χ2n) is 5.01. The van der Waals surface area contributed by atoms with E-state index in [0.717, 1.165) is 31.7 Å². The maximum Gasteiger partial charge on any atom is 0.433 e. The quantitative estimate of drug-likeness (QED) is 0.757. The molecule has 0 amide bonds. The van der Waals surface area contributed by atoms with Crippen molar-refractivity contribution in [1.29, 1.82) is 0 Å². The largest absolute Gasteiger partial charge is 0.433 e. The van der Waals surface area contributed by atoms with E-state index in [2.05, 4.69) is 34.4 Å². The second kappa shape index (κ2) is 8.05. The third-order valence-corrected chi connectivity index (χ3v) is 3.36. The molecule has 2 N–H and O–H groups in total. The molecule has 21 heavy (non-hydrogen) atoms. The first kappa shape index (κ1) is 17.5.